The quantitative estimate of drug-likeness (QED) is 0.577. The molecule has 0 radical (unpaired) electrons. The Bertz CT molecular complexity index is 829. The van der Waals surface area contributed by atoms with Crippen LogP contribution in [-0.4, -0.2) is 24.2 Å². The van der Waals surface area contributed by atoms with Gasteiger partial charge in [0.05, 0.1) is 0 Å². The van der Waals surface area contributed by atoms with Gasteiger partial charge in [-0.3, -0.25) is 14.4 Å². The maximum Gasteiger partial charge on any atom is 0.325 e. The largest absolute Gasteiger partial charge is 0.460 e. The summed E-state index contributed by atoms with van der Waals surface area (Å²) in [6.07, 6.45) is 3.41. The zero-order chi connectivity index (χ0) is 19.1. The number of rotatable bonds is 8. The fourth-order valence-electron chi connectivity index (χ4n) is 3.16. The maximum atomic E-state index is 12.3. The summed E-state index contributed by atoms with van der Waals surface area (Å²) in [4.78, 5) is 35.8. The predicted molar refractivity (Wildman–Crippen MR) is 101 cm³/mol. The molecule has 0 saturated carbocycles. The van der Waals surface area contributed by atoms with E-state index in [9.17, 15) is 14.4 Å². The zero-order valence-corrected chi connectivity index (χ0v) is 15.2. The molecule has 0 aliphatic heterocycles. The molecule has 1 N–H and O–H groups in total. The lowest BCUT2D eigenvalue weighted by Crippen LogP contribution is -2.30. The van der Waals surface area contributed by atoms with Crippen LogP contribution in [0.3, 0.4) is 0 Å². The van der Waals surface area contributed by atoms with Gasteiger partial charge in [0.25, 0.3) is 0 Å². The molecule has 0 fully saturated rings. The van der Waals surface area contributed by atoms with Crippen LogP contribution in [0, 0.1) is 0 Å². The van der Waals surface area contributed by atoms with Crippen LogP contribution in [0.4, 0.5) is 0 Å². The third kappa shape index (κ3) is 5.51. The summed E-state index contributed by atoms with van der Waals surface area (Å²) in [5.41, 5.74) is 4.10. The number of esters is 1. The normalized spacial score (nSPS) is 12.3. The highest BCUT2D eigenvalue weighted by molar-refractivity contribution is 5.98. The molecule has 2 aromatic rings. The molecule has 27 heavy (non-hydrogen) atoms. The SMILES string of the molecule is O=C(CCC(=O)c1ccc2c(c1)CCC2)NCC(=O)OCc1ccccc1. The highest BCUT2D eigenvalue weighted by Crippen LogP contribution is 2.23. The molecule has 5 nitrogen and oxygen atoms in total. The standard InChI is InChI=1S/C22H23NO4/c24-20(19-10-9-17-7-4-8-18(17)13-19)11-12-21(25)23-14-22(26)27-15-16-5-2-1-3-6-16/h1-3,5-6,9-10,13H,4,7-8,11-12,14-15H2,(H,23,25). The first kappa shape index (κ1) is 18.8. The number of carbonyl (C=O) groups is 3. The van der Waals surface area contributed by atoms with E-state index in [1.54, 1.807) is 0 Å². The summed E-state index contributed by atoms with van der Waals surface area (Å²) in [5, 5.41) is 2.50. The number of ether oxygens (including phenoxy) is 1. The van der Waals surface area contributed by atoms with Crippen molar-refractivity contribution >= 4 is 17.7 Å². The van der Waals surface area contributed by atoms with E-state index in [-0.39, 0.29) is 37.7 Å². The number of Topliss-reactive ketones (excluding diaryl/α,β-unsaturated/α-hetero) is 1. The van der Waals surface area contributed by atoms with Crippen LogP contribution in [-0.2, 0) is 33.8 Å². The van der Waals surface area contributed by atoms with Gasteiger partial charge in [0, 0.05) is 18.4 Å². The number of aryl methyl sites for hydroxylation is 2. The number of ketones is 1. The third-order valence-electron chi connectivity index (χ3n) is 4.67. The van der Waals surface area contributed by atoms with Gasteiger partial charge < -0.3 is 10.1 Å². The molecule has 0 bridgehead atoms. The first-order chi connectivity index (χ1) is 13.1. The van der Waals surface area contributed by atoms with Gasteiger partial charge in [0.2, 0.25) is 5.91 Å². The lowest BCUT2D eigenvalue weighted by molar-refractivity contribution is -0.145. The van der Waals surface area contributed by atoms with Crippen LogP contribution in [0.1, 0.15) is 46.3 Å². The third-order valence-corrected chi connectivity index (χ3v) is 4.67. The van der Waals surface area contributed by atoms with Gasteiger partial charge in [0.15, 0.2) is 5.78 Å². The van der Waals surface area contributed by atoms with Crippen molar-refractivity contribution in [2.75, 3.05) is 6.54 Å². The molecule has 0 saturated heterocycles. The molecule has 140 valence electrons. The summed E-state index contributed by atoms with van der Waals surface area (Å²) in [6.45, 7) is -0.0228. The Morgan fingerprint density at radius 2 is 1.70 bits per heavy atom. The lowest BCUT2D eigenvalue weighted by atomic mass is 10.0. The maximum absolute atomic E-state index is 12.3. The van der Waals surface area contributed by atoms with Crippen molar-refractivity contribution in [3.05, 3.63) is 70.8 Å². The van der Waals surface area contributed by atoms with E-state index in [1.807, 2.05) is 48.5 Å². The molecular formula is C22H23NO4. The summed E-state index contributed by atoms with van der Waals surface area (Å²) in [5.74, 6) is -0.884. The van der Waals surface area contributed by atoms with Crippen LogP contribution in [0.5, 0.6) is 0 Å². The minimum absolute atomic E-state index is 0.0495. The molecule has 1 aliphatic rings. The van der Waals surface area contributed by atoms with Crippen LogP contribution >= 0.6 is 0 Å². The second-order valence-electron chi connectivity index (χ2n) is 6.68. The number of benzene rings is 2. The number of hydrogen-bond acceptors (Lipinski definition) is 4. The predicted octanol–water partition coefficient (Wildman–Crippen LogP) is 3.00. The summed E-state index contributed by atoms with van der Waals surface area (Å²) in [7, 11) is 0. The van der Waals surface area contributed by atoms with Crippen molar-refractivity contribution in [2.45, 2.75) is 38.7 Å². The Kier molecular flexibility index (Phi) is 6.36. The average Bonchev–Trinajstić information content (AvgIpc) is 3.17. The van der Waals surface area contributed by atoms with Gasteiger partial charge >= 0.3 is 5.97 Å². The summed E-state index contributed by atoms with van der Waals surface area (Å²) < 4.78 is 5.10. The first-order valence-corrected chi connectivity index (χ1v) is 9.23. The number of amides is 1. The van der Waals surface area contributed by atoms with Crippen LogP contribution in [0.15, 0.2) is 48.5 Å². The second-order valence-corrected chi connectivity index (χ2v) is 6.68. The van der Waals surface area contributed by atoms with Gasteiger partial charge in [-0.2, -0.15) is 0 Å². The van der Waals surface area contributed by atoms with Crippen molar-refractivity contribution in [3.8, 4) is 0 Å². The van der Waals surface area contributed by atoms with Crippen LogP contribution in [0.25, 0.3) is 0 Å². The minimum Gasteiger partial charge on any atom is -0.460 e. The summed E-state index contributed by atoms with van der Waals surface area (Å²) >= 11 is 0. The zero-order valence-electron chi connectivity index (χ0n) is 15.2. The number of nitrogens with one attached hydrogen (secondary N) is 1. The van der Waals surface area contributed by atoms with Crippen LogP contribution in [0.2, 0.25) is 0 Å². The van der Waals surface area contributed by atoms with Gasteiger partial charge in [0.1, 0.15) is 13.2 Å². The second kappa shape index (κ2) is 9.12. The van der Waals surface area contributed by atoms with E-state index in [2.05, 4.69) is 5.32 Å². The van der Waals surface area contributed by atoms with E-state index in [1.165, 1.54) is 11.1 Å². The molecule has 3 rings (SSSR count). The molecule has 0 atom stereocenters. The number of hydrogen-bond donors (Lipinski definition) is 1. The van der Waals surface area contributed by atoms with Crippen molar-refractivity contribution in [3.63, 3.8) is 0 Å². The smallest absolute Gasteiger partial charge is 0.325 e. The van der Waals surface area contributed by atoms with E-state index in [0.29, 0.717) is 5.56 Å². The number of fused-ring (bicyclic) bond motifs is 1. The molecule has 0 unspecified atom stereocenters. The van der Waals surface area contributed by atoms with E-state index >= 15 is 0 Å². The van der Waals surface area contributed by atoms with Gasteiger partial charge in [-0.1, -0.05) is 42.5 Å². The van der Waals surface area contributed by atoms with E-state index in [4.69, 9.17) is 4.74 Å². The average molecular weight is 365 g/mol. The molecule has 1 aliphatic carbocycles. The first-order valence-electron chi connectivity index (χ1n) is 9.23. The van der Waals surface area contributed by atoms with E-state index in [0.717, 1.165) is 24.8 Å². The fourth-order valence-corrected chi connectivity index (χ4v) is 3.16. The van der Waals surface area contributed by atoms with Gasteiger partial charge in [-0.25, -0.2) is 0 Å². The van der Waals surface area contributed by atoms with Gasteiger partial charge in [-0.15, -0.1) is 0 Å². The molecule has 1 amide bonds. The van der Waals surface area contributed by atoms with Crippen molar-refractivity contribution in [1.29, 1.82) is 0 Å². The number of carbonyl (C=O) groups excluding carboxylic acids is 3. The molecule has 0 aromatic heterocycles. The molecule has 2 aromatic carbocycles. The Balaban J connectivity index is 1.36. The Labute approximate surface area is 158 Å². The highest BCUT2D eigenvalue weighted by Gasteiger charge is 2.15. The lowest BCUT2D eigenvalue weighted by Gasteiger charge is -2.07. The van der Waals surface area contributed by atoms with Crippen molar-refractivity contribution in [2.24, 2.45) is 0 Å². The molecule has 5 heteroatoms. The van der Waals surface area contributed by atoms with Crippen molar-refractivity contribution < 1.29 is 19.1 Å². The van der Waals surface area contributed by atoms with Crippen LogP contribution < -0.4 is 5.32 Å². The highest BCUT2D eigenvalue weighted by atomic mass is 16.5. The molecule has 0 heterocycles. The Hall–Kier alpha value is -2.95. The topological polar surface area (TPSA) is 72.5 Å². The van der Waals surface area contributed by atoms with Gasteiger partial charge in [-0.05, 0) is 42.0 Å². The molecule has 0 spiro atoms. The van der Waals surface area contributed by atoms with Crippen molar-refractivity contribution in [1.82, 2.24) is 5.32 Å². The summed E-state index contributed by atoms with van der Waals surface area (Å²) in [6, 6.07) is 15.1. The Morgan fingerprint density at radius 3 is 2.52 bits per heavy atom. The Morgan fingerprint density at radius 1 is 0.926 bits per heavy atom. The minimum atomic E-state index is -0.503. The monoisotopic (exact) mass is 365 g/mol. The fraction of sp³-hybridized carbons (Fsp3) is 0.318. The molecular weight excluding hydrogens is 342 g/mol. The van der Waals surface area contributed by atoms with E-state index < -0.39 is 5.97 Å².